The van der Waals surface area contributed by atoms with E-state index in [1.54, 1.807) is 18.2 Å². The van der Waals surface area contributed by atoms with Gasteiger partial charge in [-0.1, -0.05) is 35.3 Å². The van der Waals surface area contributed by atoms with Crippen molar-refractivity contribution < 1.29 is 4.79 Å². The molecule has 4 rings (SSSR count). The third kappa shape index (κ3) is 3.16. The summed E-state index contributed by atoms with van der Waals surface area (Å²) >= 11 is 12.5. The number of hydrogen-bond donors (Lipinski definition) is 2. The Balaban J connectivity index is 1.77. The summed E-state index contributed by atoms with van der Waals surface area (Å²) in [6, 6.07) is 5.46. The van der Waals surface area contributed by atoms with Crippen LogP contribution in [-0.4, -0.2) is 35.0 Å². The van der Waals surface area contributed by atoms with Crippen LogP contribution in [0.25, 0.3) is 11.1 Å². The van der Waals surface area contributed by atoms with Crippen LogP contribution < -0.4 is 16.4 Å². The first-order chi connectivity index (χ1) is 12.9. The van der Waals surface area contributed by atoms with E-state index in [0.29, 0.717) is 44.7 Å². The SMILES string of the molecule is Cc1nc(N2C[C@@H]3CC[C@H](N)[C@@H]3C2)nc(C(N)=O)c1-c1cccc(Cl)c1Cl. The lowest BCUT2D eigenvalue weighted by atomic mass is 9.98. The molecule has 142 valence electrons. The molecule has 4 N–H and O–H groups in total. The second kappa shape index (κ2) is 6.93. The van der Waals surface area contributed by atoms with Crippen molar-refractivity contribution in [1.29, 1.82) is 0 Å². The van der Waals surface area contributed by atoms with Crippen molar-refractivity contribution in [3.8, 4) is 11.1 Å². The zero-order valence-electron chi connectivity index (χ0n) is 15.0. The van der Waals surface area contributed by atoms with E-state index in [4.69, 9.17) is 34.7 Å². The monoisotopic (exact) mass is 405 g/mol. The fraction of sp³-hybridized carbons (Fsp3) is 0.421. The van der Waals surface area contributed by atoms with Gasteiger partial charge in [-0.25, -0.2) is 9.97 Å². The molecule has 0 unspecified atom stereocenters. The molecule has 0 spiro atoms. The molecule has 1 saturated carbocycles. The summed E-state index contributed by atoms with van der Waals surface area (Å²) in [6.45, 7) is 3.49. The first-order valence-corrected chi connectivity index (χ1v) is 9.75. The molecular weight excluding hydrogens is 385 g/mol. The quantitative estimate of drug-likeness (QED) is 0.817. The number of carbonyl (C=O) groups excluding carboxylic acids is 1. The number of rotatable bonds is 3. The highest BCUT2D eigenvalue weighted by molar-refractivity contribution is 6.43. The summed E-state index contributed by atoms with van der Waals surface area (Å²) < 4.78 is 0. The van der Waals surface area contributed by atoms with Gasteiger partial charge in [0.1, 0.15) is 5.69 Å². The Kier molecular flexibility index (Phi) is 4.74. The fourth-order valence-corrected chi connectivity index (χ4v) is 4.76. The normalized spacial score (nSPS) is 24.3. The third-order valence-corrected chi connectivity index (χ3v) is 6.55. The van der Waals surface area contributed by atoms with E-state index in [0.717, 1.165) is 25.9 Å². The number of aromatic nitrogens is 2. The van der Waals surface area contributed by atoms with Gasteiger partial charge >= 0.3 is 0 Å². The molecule has 2 aromatic rings. The van der Waals surface area contributed by atoms with Crippen LogP contribution in [0.15, 0.2) is 18.2 Å². The van der Waals surface area contributed by atoms with Gasteiger partial charge in [0.25, 0.3) is 5.91 Å². The number of carbonyl (C=O) groups is 1. The number of benzene rings is 1. The molecule has 2 aliphatic rings. The molecule has 1 saturated heterocycles. The summed E-state index contributed by atoms with van der Waals surface area (Å²) in [5, 5.41) is 0.747. The maximum Gasteiger partial charge on any atom is 0.268 e. The lowest BCUT2D eigenvalue weighted by molar-refractivity contribution is 0.0996. The summed E-state index contributed by atoms with van der Waals surface area (Å²) in [7, 11) is 0. The van der Waals surface area contributed by atoms with Crippen LogP contribution in [0.4, 0.5) is 5.95 Å². The van der Waals surface area contributed by atoms with E-state index in [1.807, 2.05) is 6.92 Å². The number of fused-ring (bicyclic) bond motifs is 1. The minimum absolute atomic E-state index is 0.156. The van der Waals surface area contributed by atoms with Crippen LogP contribution in [0.5, 0.6) is 0 Å². The van der Waals surface area contributed by atoms with Crippen LogP contribution in [-0.2, 0) is 0 Å². The van der Waals surface area contributed by atoms with Gasteiger partial charge in [0.05, 0.1) is 15.7 Å². The molecule has 1 aliphatic heterocycles. The number of halogens is 2. The molecule has 1 aliphatic carbocycles. The Morgan fingerprint density at radius 2 is 2.00 bits per heavy atom. The molecule has 0 radical (unpaired) electrons. The van der Waals surface area contributed by atoms with E-state index in [-0.39, 0.29) is 11.7 Å². The third-order valence-electron chi connectivity index (χ3n) is 5.73. The molecule has 0 bridgehead atoms. The van der Waals surface area contributed by atoms with Gasteiger partial charge in [-0.15, -0.1) is 0 Å². The summed E-state index contributed by atoms with van der Waals surface area (Å²) in [6.07, 6.45) is 2.20. The highest BCUT2D eigenvalue weighted by Gasteiger charge is 2.42. The van der Waals surface area contributed by atoms with E-state index in [2.05, 4.69) is 14.9 Å². The Hall–Kier alpha value is -1.89. The maximum atomic E-state index is 12.2. The molecule has 3 atom stereocenters. The smallest absolute Gasteiger partial charge is 0.268 e. The predicted octanol–water partition coefficient (Wildman–Crippen LogP) is 3.03. The van der Waals surface area contributed by atoms with Gasteiger partial charge < -0.3 is 16.4 Å². The predicted molar refractivity (Wildman–Crippen MR) is 107 cm³/mol. The minimum Gasteiger partial charge on any atom is -0.364 e. The molecular formula is C19H21Cl2N5O. The highest BCUT2D eigenvalue weighted by atomic mass is 35.5. The van der Waals surface area contributed by atoms with Crippen molar-refractivity contribution in [2.24, 2.45) is 23.3 Å². The highest BCUT2D eigenvalue weighted by Crippen LogP contribution is 2.40. The Bertz CT molecular complexity index is 919. The number of aryl methyl sites for hydroxylation is 1. The van der Waals surface area contributed by atoms with Gasteiger partial charge in [0.15, 0.2) is 0 Å². The van der Waals surface area contributed by atoms with E-state index in [9.17, 15) is 4.79 Å². The Morgan fingerprint density at radius 1 is 1.22 bits per heavy atom. The van der Waals surface area contributed by atoms with Gasteiger partial charge in [-0.3, -0.25) is 4.79 Å². The van der Waals surface area contributed by atoms with Crippen molar-refractivity contribution in [2.45, 2.75) is 25.8 Å². The van der Waals surface area contributed by atoms with E-state index in [1.165, 1.54) is 0 Å². The molecule has 1 amide bonds. The van der Waals surface area contributed by atoms with E-state index >= 15 is 0 Å². The Morgan fingerprint density at radius 3 is 2.70 bits per heavy atom. The van der Waals surface area contributed by atoms with E-state index < -0.39 is 5.91 Å². The molecule has 1 aromatic carbocycles. The molecule has 2 heterocycles. The second-order valence-electron chi connectivity index (χ2n) is 7.37. The van der Waals surface area contributed by atoms with Gasteiger partial charge in [0.2, 0.25) is 5.95 Å². The van der Waals surface area contributed by atoms with Gasteiger partial charge in [-0.2, -0.15) is 0 Å². The molecule has 2 fully saturated rings. The van der Waals surface area contributed by atoms with Gasteiger partial charge in [-0.05, 0) is 37.7 Å². The van der Waals surface area contributed by atoms with Crippen LogP contribution in [0.1, 0.15) is 29.0 Å². The topological polar surface area (TPSA) is 98.1 Å². The molecule has 6 nitrogen and oxygen atoms in total. The average molecular weight is 406 g/mol. The fourth-order valence-electron chi connectivity index (χ4n) is 4.37. The Labute approximate surface area is 167 Å². The average Bonchev–Trinajstić information content (AvgIpc) is 3.19. The van der Waals surface area contributed by atoms with Crippen molar-refractivity contribution in [3.63, 3.8) is 0 Å². The number of nitrogens with zero attached hydrogens (tertiary/aromatic N) is 3. The van der Waals surface area contributed by atoms with Crippen LogP contribution in [0.2, 0.25) is 10.0 Å². The van der Waals surface area contributed by atoms with Crippen molar-refractivity contribution in [3.05, 3.63) is 39.6 Å². The van der Waals surface area contributed by atoms with Crippen LogP contribution in [0.3, 0.4) is 0 Å². The van der Waals surface area contributed by atoms with Crippen LogP contribution >= 0.6 is 23.2 Å². The standard InChI is InChI=1S/C19H21Cl2N5O/c1-9-15(11-3-2-4-13(20)16(11)21)17(18(23)27)25-19(24-9)26-7-10-5-6-14(22)12(10)8-26/h2-4,10,12,14H,5-8,22H2,1H3,(H2,23,27)/t10-,12+,14-/m0/s1. The zero-order valence-corrected chi connectivity index (χ0v) is 16.5. The van der Waals surface area contributed by atoms with Crippen molar-refractivity contribution in [1.82, 2.24) is 9.97 Å². The number of amides is 1. The minimum atomic E-state index is -0.621. The summed E-state index contributed by atoms with van der Waals surface area (Å²) in [4.78, 5) is 23.5. The lowest BCUT2D eigenvalue weighted by Crippen LogP contribution is -2.31. The van der Waals surface area contributed by atoms with Gasteiger partial charge in [0, 0.05) is 30.3 Å². The summed E-state index contributed by atoms with van der Waals surface area (Å²) in [5.74, 6) is 0.907. The molecule has 27 heavy (non-hydrogen) atoms. The lowest BCUT2D eigenvalue weighted by Gasteiger charge is -2.21. The number of anilines is 1. The number of hydrogen-bond acceptors (Lipinski definition) is 5. The number of nitrogens with two attached hydrogens (primary N) is 2. The largest absolute Gasteiger partial charge is 0.364 e. The van der Waals surface area contributed by atoms with Crippen molar-refractivity contribution in [2.75, 3.05) is 18.0 Å². The van der Waals surface area contributed by atoms with Crippen LogP contribution in [0, 0.1) is 18.8 Å². The summed E-state index contributed by atoms with van der Waals surface area (Å²) in [5.41, 5.74) is 13.8. The zero-order chi connectivity index (χ0) is 19.3. The second-order valence-corrected chi connectivity index (χ2v) is 8.15. The van der Waals surface area contributed by atoms with Crippen molar-refractivity contribution >= 4 is 35.1 Å². The number of primary amides is 1. The molecule has 8 heteroatoms. The first-order valence-electron chi connectivity index (χ1n) is 9.00. The first kappa shape index (κ1) is 18.5. The molecule has 1 aromatic heterocycles. The maximum absolute atomic E-state index is 12.2.